The zero-order chi connectivity index (χ0) is 16.0. The van der Waals surface area contributed by atoms with Crippen LogP contribution >= 0.6 is 7.60 Å². The van der Waals surface area contributed by atoms with E-state index in [2.05, 4.69) is 0 Å². The summed E-state index contributed by atoms with van der Waals surface area (Å²) in [5.41, 5.74) is 0.209. The largest absolute Gasteiger partial charge is 0.489 e. The van der Waals surface area contributed by atoms with E-state index in [1.807, 2.05) is 30.3 Å². The van der Waals surface area contributed by atoms with Crippen LogP contribution < -0.4 is 4.74 Å². The fourth-order valence-corrected chi connectivity index (χ4v) is 2.91. The van der Waals surface area contributed by atoms with Gasteiger partial charge in [-0.25, -0.2) is 0 Å². The molecule has 2 rings (SSSR count). The maximum atomic E-state index is 12.4. The average molecular weight is 320 g/mol. The van der Waals surface area contributed by atoms with Crippen molar-refractivity contribution in [1.82, 2.24) is 0 Å². The lowest BCUT2D eigenvalue weighted by Gasteiger charge is -2.15. The Balaban J connectivity index is 2.23. The molecule has 0 N–H and O–H groups in total. The topological polar surface area (TPSA) is 61.8 Å². The van der Waals surface area contributed by atoms with Gasteiger partial charge in [0.25, 0.3) is 5.52 Å². The van der Waals surface area contributed by atoms with Gasteiger partial charge in [0.05, 0.1) is 0 Å². The molecule has 0 radical (unpaired) electrons. The lowest BCUT2D eigenvalue weighted by molar-refractivity contribution is 0.102. The van der Waals surface area contributed by atoms with Gasteiger partial charge >= 0.3 is 7.60 Å². The van der Waals surface area contributed by atoms with Crippen LogP contribution in [0.1, 0.15) is 15.9 Å². The molecule has 0 saturated heterocycles. The van der Waals surface area contributed by atoms with Crippen molar-refractivity contribution in [3.05, 3.63) is 65.7 Å². The molecule has 0 saturated carbocycles. The molecule has 0 heterocycles. The zero-order valence-electron chi connectivity index (χ0n) is 12.4. The Bertz CT molecular complexity index is 676. The maximum absolute atomic E-state index is 12.4. The molecule has 5 nitrogen and oxygen atoms in total. The van der Waals surface area contributed by atoms with Crippen LogP contribution in [0.15, 0.2) is 54.6 Å². The van der Waals surface area contributed by atoms with Gasteiger partial charge in [0.1, 0.15) is 12.4 Å². The SMILES string of the molecule is COP(=O)(OC)C(=O)c1ccccc1COc1ccccc1. The van der Waals surface area contributed by atoms with Crippen molar-refractivity contribution in [2.45, 2.75) is 6.61 Å². The van der Waals surface area contributed by atoms with Crippen LogP contribution in [0.3, 0.4) is 0 Å². The van der Waals surface area contributed by atoms with Gasteiger partial charge in [-0.2, -0.15) is 0 Å². The van der Waals surface area contributed by atoms with E-state index in [1.165, 1.54) is 14.2 Å². The monoisotopic (exact) mass is 320 g/mol. The number of carbonyl (C=O) groups excluding carboxylic acids is 1. The molecule has 0 bridgehead atoms. The van der Waals surface area contributed by atoms with Crippen LogP contribution in [0.4, 0.5) is 0 Å². The van der Waals surface area contributed by atoms with Gasteiger partial charge in [-0.1, -0.05) is 42.5 Å². The maximum Gasteiger partial charge on any atom is 0.401 e. The van der Waals surface area contributed by atoms with Crippen molar-refractivity contribution >= 4 is 13.1 Å². The Hall–Kier alpha value is -1.94. The number of rotatable bonds is 7. The lowest BCUT2D eigenvalue weighted by atomic mass is 10.1. The number of hydrogen-bond acceptors (Lipinski definition) is 5. The number of carbonyl (C=O) groups is 1. The molecule has 22 heavy (non-hydrogen) atoms. The predicted molar refractivity (Wildman–Crippen MR) is 83.2 cm³/mol. The summed E-state index contributed by atoms with van der Waals surface area (Å²) in [5, 5.41) is 0. The van der Waals surface area contributed by atoms with Crippen LogP contribution in [0.2, 0.25) is 0 Å². The highest BCUT2D eigenvalue weighted by molar-refractivity contribution is 7.72. The van der Waals surface area contributed by atoms with E-state index in [0.29, 0.717) is 11.3 Å². The number of ether oxygens (including phenoxy) is 1. The minimum atomic E-state index is -3.81. The molecule has 0 aliphatic carbocycles. The van der Waals surface area contributed by atoms with E-state index in [1.54, 1.807) is 24.3 Å². The van der Waals surface area contributed by atoms with Gasteiger partial charge < -0.3 is 13.8 Å². The summed E-state index contributed by atoms with van der Waals surface area (Å²) >= 11 is 0. The first-order valence-electron chi connectivity index (χ1n) is 6.63. The first-order valence-corrected chi connectivity index (χ1v) is 8.17. The minimum Gasteiger partial charge on any atom is -0.489 e. The second-order valence-corrected chi connectivity index (χ2v) is 6.56. The summed E-state index contributed by atoms with van der Waals surface area (Å²) in [4.78, 5) is 12.4. The molecule has 0 unspecified atom stereocenters. The van der Waals surface area contributed by atoms with Crippen molar-refractivity contribution in [3.8, 4) is 5.75 Å². The van der Waals surface area contributed by atoms with Crippen molar-refractivity contribution in [2.24, 2.45) is 0 Å². The van der Waals surface area contributed by atoms with E-state index >= 15 is 0 Å². The van der Waals surface area contributed by atoms with Crippen molar-refractivity contribution < 1.29 is 23.1 Å². The molecule has 0 aliphatic heterocycles. The van der Waals surface area contributed by atoms with Crippen LogP contribution in [0, 0.1) is 0 Å². The lowest BCUT2D eigenvalue weighted by Crippen LogP contribution is -2.09. The van der Waals surface area contributed by atoms with E-state index in [-0.39, 0.29) is 12.2 Å². The van der Waals surface area contributed by atoms with E-state index in [0.717, 1.165) is 0 Å². The van der Waals surface area contributed by atoms with E-state index in [4.69, 9.17) is 13.8 Å². The Morgan fingerprint density at radius 2 is 1.55 bits per heavy atom. The molecule has 116 valence electrons. The Morgan fingerprint density at radius 3 is 2.18 bits per heavy atom. The summed E-state index contributed by atoms with van der Waals surface area (Å²) in [6.07, 6.45) is 0. The Kier molecular flexibility index (Phi) is 5.50. The number of benzene rings is 2. The summed E-state index contributed by atoms with van der Waals surface area (Å²) in [7, 11) is -1.44. The molecule has 2 aromatic rings. The highest BCUT2D eigenvalue weighted by Gasteiger charge is 2.34. The van der Waals surface area contributed by atoms with Crippen LogP contribution in [0.25, 0.3) is 0 Å². The second-order valence-electron chi connectivity index (χ2n) is 4.43. The van der Waals surface area contributed by atoms with Crippen LogP contribution in [-0.2, 0) is 20.2 Å². The highest BCUT2D eigenvalue weighted by Crippen LogP contribution is 2.50. The molecule has 0 fully saturated rings. The van der Waals surface area contributed by atoms with Gasteiger partial charge in [-0.05, 0) is 12.1 Å². The molecule has 0 atom stereocenters. The van der Waals surface area contributed by atoms with Gasteiger partial charge in [-0.15, -0.1) is 0 Å². The fourth-order valence-electron chi connectivity index (χ4n) is 1.92. The van der Waals surface area contributed by atoms with Gasteiger partial charge in [0.2, 0.25) is 0 Å². The number of hydrogen-bond donors (Lipinski definition) is 0. The van der Waals surface area contributed by atoms with E-state index < -0.39 is 13.1 Å². The molecular formula is C16H17O5P. The molecule has 6 heteroatoms. The number of para-hydroxylation sites is 1. The quantitative estimate of drug-likeness (QED) is 0.724. The standard InChI is InChI=1S/C16H17O5P/c1-19-22(18,20-2)16(17)15-11-7-6-8-13(15)12-21-14-9-4-3-5-10-14/h3-11H,12H2,1-2H3. The van der Waals surface area contributed by atoms with Crippen LogP contribution in [-0.4, -0.2) is 19.7 Å². The summed E-state index contributed by atoms with van der Waals surface area (Å²) < 4.78 is 27.4. The van der Waals surface area contributed by atoms with Gasteiger partial charge in [0.15, 0.2) is 0 Å². The first-order chi connectivity index (χ1) is 10.6. The van der Waals surface area contributed by atoms with Gasteiger partial charge in [-0.3, -0.25) is 9.36 Å². The third-order valence-corrected chi connectivity index (χ3v) is 4.81. The summed E-state index contributed by atoms with van der Waals surface area (Å²) in [6, 6.07) is 16.0. The normalized spacial score (nSPS) is 11.2. The predicted octanol–water partition coefficient (Wildman–Crippen LogP) is 3.89. The van der Waals surface area contributed by atoms with Gasteiger partial charge in [0, 0.05) is 25.3 Å². The smallest absolute Gasteiger partial charge is 0.401 e. The van der Waals surface area contributed by atoms with E-state index in [9.17, 15) is 9.36 Å². The first kappa shape index (κ1) is 16.4. The zero-order valence-corrected chi connectivity index (χ0v) is 13.3. The molecular weight excluding hydrogens is 303 g/mol. The molecule has 0 aliphatic rings. The fraction of sp³-hybridized carbons (Fsp3) is 0.188. The molecule has 0 aromatic heterocycles. The van der Waals surface area contributed by atoms with Crippen molar-refractivity contribution in [2.75, 3.05) is 14.2 Å². The summed E-state index contributed by atoms with van der Waals surface area (Å²) in [5.74, 6) is 0.686. The third-order valence-electron chi connectivity index (χ3n) is 3.11. The summed E-state index contributed by atoms with van der Waals surface area (Å²) in [6.45, 7) is 0.180. The molecule has 0 amide bonds. The average Bonchev–Trinajstić information content (AvgIpc) is 2.59. The molecule has 0 spiro atoms. The second kappa shape index (κ2) is 7.36. The molecule has 2 aromatic carbocycles. The van der Waals surface area contributed by atoms with Crippen molar-refractivity contribution in [3.63, 3.8) is 0 Å². The Labute approximate surface area is 129 Å². The minimum absolute atomic E-state index is 0.180. The van der Waals surface area contributed by atoms with Crippen LogP contribution in [0.5, 0.6) is 5.75 Å². The van der Waals surface area contributed by atoms with Crippen molar-refractivity contribution in [1.29, 1.82) is 0 Å². The highest BCUT2D eigenvalue weighted by atomic mass is 31.2. The third kappa shape index (κ3) is 3.63. The Morgan fingerprint density at radius 1 is 0.955 bits per heavy atom.